The average molecular weight is 432 g/mol. The first-order valence-electron chi connectivity index (χ1n) is 11.6. The number of rotatable bonds is 5. The summed E-state index contributed by atoms with van der Waals surface area (Å²) in [6, 6.07) is 10.8. The minimum absolute atomic E-state index is 0.0824. The molecule has 4 heteroatoms. The third-order valence-corrected chi connectivity index (χ3v) is 6.50. The lowest BCUT2D eigenvalue weighted by Crippen LogP contribution is -2.41. The van der Waals surface area contributed by atoms with Gasteiger partial charge in [0.05, 0.1) is 12.9 Å². The van der Waals surface area contributed by atoms with E-state index in [0.717, 1.165) is 58.4 Å². The summed E-state index contributed by atoms with van der Waals surface area (Å²) >= 11 is 0. The van der Waals surface area contributed by atoms with Gasteiger partial charge in [-0.05, 0) is 76.6 Å². The Morgan fingerprint density at radius 1 is 1.19 bits per heavy atom. The smallest absolute Gasteiger partial charge is 0.247 e. The van der Waals surface area contributed by atoms with Gasteiger partial charge in [0.25, 0.3) is 0 Å². The summed E-state index contributed by atoms with van der Waals surface area (Å²) in [7, 11) is 0. The Hall–Kier alpha value is -3.01. The van der Waals surface area contributed by atoms with Crippen molar-refractivity contribution in [1.29, 1.82) is 0 Å². The average Bonchev–Trinajstić information content (AvgIpc) is 3.16. The van der Waals surface area contributed by atoms with Gasteiger partial charge in [-0.25, -0.2) is 0 Å². The summed E-state index contributed by atoms with van der Waals surface area (Å²) < 4.78 is 11.9. The fraction of sp³-hybridized carbons (Fsp3) is 0.393. The number of nitrogens with zero attached hydrogens (tertiary/aromatic N) is 1. The number of piperidine rings is 1. The third kappa shape index (κ3) is 4.32. The molecule has 1 unspecified atom stereocenters. The Bertz CT molecular complexity index is 1170. The van der Waals surface area contributed by atoms with E-state index in [1.165, 1.54) is 17.5 Å². The highest BCUT2D eigenvalue weighted by molar-refractivity contribution is 6.00. The zero-order valence-electron chi connectivity index (χ0n) is 19.8. The summed E-state index contributed by atoms with van der Waals surface area (Å²) in [4.78, 5) is 15.0. The Labute approximate surface area is 190 Å². The van der Waals surface area contributed by atoms with Crippen molar-refractivity contribution in [3.63, 3.8) is 0 Å². The maximum Gasteiger partial charge on any atom is 0.247 e. The summed E-state index contributed by atoms with van der Waals surface area (Å²) in [6.45, 7) is 11.7. The van der Waals surface area contributed by atoms with Gasteiger partial charge in [0.2, 0.25) is 5.91 Å². The largest absolute Gasteiger partial charge is 0.493 e. The van der Waals surface area contributed by atoms with Crippen LogP contribution < -0.4 is 4.74 Å². The van der Waals surface area contributed by atoms with Crippen LogP contribution >= 0.6 is 0 Å². The van der Waals surface area contributed by atoms with Crippen LogP contribution in [0.5, 0.6) is 5.75 Å². The number of furan rings is 1. The van der Waals surface area contributed by atoms with Crippen LogP contribution in [0.25, 0.3) is 27.7 Å². The highest BCUT2D eigenvalue weighted by Gasteiger charge is 2.22. The molecule has 168 valence electrons. The van der Waals surface area contributed by atoms with Gasteiger partial charge in [-0.1, -0.05) is 23.8 Å². The molecule has 0 bridgehead atoms. The van der Waals surface area contributed by atoms with Crippen molar-refractivity contribution >= 4 is 22.4 Å². The van der Waals surface area contributed by atoms with Crippen LogP contribution in [0.15, 0.2) is 47.1 Å². The molecule has 0 radical (unpaired) electrons. The molecule has 1 aliphatic heterocycles. The van der Waals surface area contributed by atoms with Crippen molar-refractivity contribution in [2.45, 2.75) is 59.9 Å². The number of ether oxygens (including phenoxy) is 1. The molecule has 1 fully saturated rings. The molecule has 2 aromatic carbocycles. The Morgan fingerprint density at radius 3 is 2.72 bits per heavy atom. The Kier molecular flexibility index (Phi) is 6.40. The molecule has 32 heavy (non-hydrogen) atoms. The summed E-state index contributed by atoms with van der Waals surface area (Å²) in [5.74, 6) is 0.828. The van der Waals surface area contributed by atoms with E-state index in [1.807, 2.05) is 31.1 Å². The molecule has 1 amide bonds. The van der Waals surface area contributed by atoms with Crippen molar-refractivity contribution in [3.05, 3.63) is 59.4 Å². The first kappa shape index (κ1) is 22.2. The van der Waals surface area contributed by atoms with E-state index in [9.17, 15) is 4.79 Å². The molecule has 4 nitrogen and oxygen atoms in total. The molecule has 1 aliphatic rings. The molecule has 4 rings (SSSR count). The number of carbonyl (C=O) groups excluding carboxylic acids is 1. The van der Waals surface area contributed by atoms with Gasteiger partial charge in [0, 0.05) is 41.2 Å². The van der Waals surface area contributed by atoms with Gasteiger partial charge in [-0.2, -0.15) is 0 Å². The predicted molar refractivity (Wildman–Crippen MR) is 131 cm³/mol. The van der Waals surface area contributed by atoms with E-state index in [4.69, 9.17) is 9.15 Å². The molecule has 0 N–H and O–H groups in total. The number of hydrogen-bond acceptors (Lipinski definition) is 3. The van der Waals surface area contributed by atoms with Gasteiger partial charge in [-0.3, -0.25) is 4.79 Å². The maximum absolute atomic E-state index is 13.0. The van der Waals surface area contributed by atoms with Crippen molar-refractivity contribution < 1.29 is 13.9 Å². The lowest BCUT2D eigenvalue weighted by Gasteiger charge is -2.32. The van der Waals surface area contributed by atoms with Crippen molar-refractivity contribution in [2.24, 2.45) is 0 Å². The van der Waals surface area contributed by atoms with Crippen LogP contribution in [0.2, 0.25) is 0 Å². The molecule has 0 aliphatic carbocycles. The fourth-order valence-electron chi connectivity index (χ4n) is 4.73. The van der Waals surface area contributed by atoms with Crippen molar-refractivity contribution in [2.75, 3.05) is 13.2 Å². The second-order valence-electron chi connectivity index (χ2n) is 8.95. The van der Waals surface area contributed by atoms with Crippen LogP contribution in [-0.2, 0) is 4.79 Å². The second kappa shape index (κ2) is 9.23. The van der Waals surface area contributed by atoms with Crippen molar-refractivity contribution in [1.82, 2.24) is 4.90 Å². The number of hydrogen-bond donors (Lipinski definition) is 0. The van der Waals surface area contributed by atoms with E-state index >= 15 is 0 Å². The first-order valence-corrected chi connectivity index (χ1v) is 11.6. The molecule has 1 saturated heterocycles. The molecule has 0 spiro atoms. The van der Waals surface area contributed by atoms with Gasteiger partial charge in [0.1, 0.15) is 11.3 Å². The number of likely N-dealkylation sites (tertiary alicyclic amines) is 1. The van der Waals surface area contributed by atoms with Crippen molar-refractivity contribution in [3.8, 4) is 16.9 Å². The molecule has 1 atom stereocenters. The molecule has 2 heterocycles. The van der Waals surface area contributed by atoms with Gasteiger partial charge in [-0.15, -0.1) is 0 Å². The number of amides is 1. The molecule has 0 saturated carbocycles. The fourth-order valence-corrected chi connectivity index (χ4v) is 4.73. The number of carbonyl (C=O) groups is 1. The van der Waals surface area contributed by atoms with Gasteiger partial charge < -0.3 is 14.1 Å². The number of fused-ring (bicyclic) bond motifs is 1. The zero-order chi connectivity index (χ0) is 22.8. The molecular formula is C28H33NO3. The van der Waals surface area contributed by atoms with Crippen LogP contribution in [0, 0.1) is 13.8 Å². The number of aryl methyl sites for hydroxylation is 2. The van der Waals surface area contributed by atoms with E-state index in [2.05, 4.69) is 45.0 Å². The van der Waals surface area contributed by atoms with Crippen LogP contribution in [-0.4, -0.2) is 30.0 Å². The van der Waals surface area contributed by atoms with Gasteiger partial charge in [0.15, 0.2) is 0 Å². The highest BCUT2D eigenvalue weighted by Crippen LogP contribution is 2.38. The lowest BCUT2D eigenvalue weighted by atomic mass is 9.96. The Balaban J connectivity index is 1.78. The van der Waals surface area contributed by atoms with E-state index in [1.54, 1.807) is 6.08 Å². The molecular weight excluding hydrogens is 398 g/mol. The summed E-state index contributed by atoms with van der Waals surface area (Å²) in [6.07, 6.45) is 6.93. The topological polar surface area (TPSA) is 42.7 Å². The summed E-state index contributed by atoms with van der Waals surface area (Å²) in [5.41, 5.74) is 7.30. The monoisotopic (exact) mass is 431 g/mol. The minimum Gasteiger partial charge on any atom is -0.493 e. The Morgan fingerprint density at radius 2 is 2.00 bits per heavy atom. The predicted octanol–water partition coefficient (Wildman–Crippen LogP) is 6.92. The van der Waals surface area contributed by atoms with E-state index in [-0.39, 0.29) is 5.91 Å². The second-order valence-corrected chi connectivity index (χ2v) is 8.95. The van der Waals surface area contributed by atoms with E-state index in [0.29, 0.717) is 12.6 Å². The number of benzene rings is 2. The van der Waals surface area contributed by atoms with Gasteiger partial charge >= 0.3 is 0 Å². The minimum atomic E-state index is 0.0824. The molecule has 3 aromatic rings. The number of allylic oxidation sites excluding steroid dienone is 1. The SMILES string of the molecule is CCOc1cc2occ(-c3ccc(C)cc3C)c2cc1/C(C)=C/C(=O)N1CCCCC1C. The van der Waals surface area contributed by atoms with Crippen LogP contribution in [0.1, 0.15) is 56.7 Å². The molecule has 1 aromatic heterocycles. The quantitative estimate of drug-likeness (QED) is 0.412. The zero-order valence-corrected chi connectivity index (χ0v) is 19.8. The first-order chi connectivity index (χ1) is 15.4. The highest BCUT2D eigenvalue weighted by atomic mass is 16.5. The van der Waals surface area contributed by atoms with E-state index < -0.39 is 0 Å². The van der Waals surface area contributed by atoms with Crippen LogP contribution in [0.4, 0.5) is 0 Å². The standard InChI is InChI=1S/C28H33NO3/c1-6-31-26-16-27-24(25(17-32-27)22-11-10-18(2)13-19(22)3)15-23(26)20(4)14-28(30)29-12-8-7-9-21(29)5/h10-11,13-17,21H,6-9,12H2,1-5H3/b20-14+. The third-order valence-electron chi connectivity index (χ3n) is 6.50. The lowest BCUT2D eigenvalue weighted by molar-refractivity contribution is -0.129. The summed E-state index contributed by atoms with van der Waals surface area (Å²) in [5, 5.41) is 1.03. The van der Waals surface area contributed by atoms with Crippen LogP contribution in [0.3, 0.4) is 0 Å². The maximum atomic E-state index is 13.0. The normalized spacial score (nSPS) is 17.1.